The zero-order valence-corrected chi connectivity index (χ0v) is 17.5. The van der Waals surface area contributed by atoms with Crippen molar-refractivity contribution in [3.8, 4) is 5.75 Å². The number of unbranched alkanes of at least 4 members (excludes halogenated alkanes) is 1. The van der Waals surface area contributed by atoms with Gasteiger partial charge in [0.15, 0.2) is 0 Å². The number of esters is 2. The molecule has 0 atom stereocenters. The summed E-state index contributed by atoms with van der Waals surface area (Å²) in [6.45, 7) is 2.24. The zero-order valence-electron chi connectivity index (χ0n) is 17.5. The highest BCUT2D eigenvalue weighted by Gasteiger charge is 2.42. The van der Waals surface area contributed by atoms with Crippen molar-refractivity contribution in [1.29, 1.82) is 0 Å². The van der Waals surface area contributed by atoms with Gasteiger partial charge in [-0.1, -0.05) is 42.5 Å². The monoisotopic (exact) mass is 453 g/mol. The van der Waals surface area contributed by atoms with Crippen LogP contribution in [0.4, 0.5) is 13.2 Å². The number of ether oxygens (including phenoxy) is 3. The average Bonchev–Trinajstić information content (AvgIpc) is 2.76. The standard InChI is InChI=1S/C23H26F3NO5/c24-23(25,26)22(29)32-21(28)11-12-27-16-19-9-6-10-20(15-19)31-14-5-4-13-30-17-18-7-2-1-3-8-18/h1-3,6-10,15,27H,4-5,11-14,16-17H2. The van der Waals surface area contributed by atoms with Gasteiger partial charge in [-0.25, -0.2) is 4.79 Å². The highest BCUT2D eigenvalue weighted by molar-refractivity contribution is 5.88. The lowest BCUT2D eigenvalue weighted by molar-refractivity contribution is -0.201. The van der Waals surface area contributed by atoms with E-state index in [0.29, 0.717) is 32.1 Å². The zero-order chi connectivity index (χ0) is 23.2. The maximum Gasteiger partial charge on any atom is 0.491 e. The number of benzene rings is 2. The molecule has 0 aliphatic carbocycles. The van der Waals surface area contributed by atoms with Crippen LogP contribution in [0.15, 0.2) is 54.6 Å². The molecule has 0 heterocycles. The van der Waals surface area contributed by atoms with E-state index in [4.69, 9.17) is 9.47 Å². The molecule has 0 amide bonds. The van der Waals surface area contributed by atoms with Gasteiger partial charge >= 0.3 is 18.1 Å². The van der Waals surface area contributed by atoms with Crippen molar-refractivity contribution in [1.82, 2.24) is 5.32 Å². The van der Waals surface area contributed by atoms with Crippen LogP contribution in [-0.2, 0) is 32.2 Å². The Morgan fingerprint density at radius 2 is 1.62 bits per heavy atom. The first-order valence-electron chi connectivity index (χ1n) is 10.2. The fraction of sp³-hybridized carbons (Fsp3) is 0.391. The largest absolute Gasteiger partial charge is 0.494 e. The molecule has 2 aromatic carbocycles. The van der Waals surface area contributed by atoms with Gasteiger partial charge in [-0.05, 0) is 36.1 Å². The first-order valence-corrected chi connectivity index (χ1v) is 10.2. The Hall–Kier alpha value is -2.91. The topological polar surface area (TPSA) is 73.9 Å². The summed E-state index contributed by atoms with van der Waals surface area (Å²) in [6.07, 6.45) is -3.82. The van der Waals surface area contributed by atoms with Gasteiger partial charge in [-0.15, -0.1) is 0 Å². The second-order valence-electron chi connectivity index (χ2n) is 6.93. The summed E-state index contributed by atoms with van der Waals surface area (Å²) in [7, 11) is 0. The summed E-state index contributed by atoms with van der Waals surface area (Å²) >= 11 is 0. The average molecular weight is 453 g/mol. The van der Waals surface area contributed by atoms with Crippen LogP contribution in [0, 0.1) is 0 Å². The molecule has 0 fully saturated rings. The van der Waals surface area contributed by atoms with E-state index < -0.39 is 18.1 Å². The molecule has 6 nitrogen and oxygen atoms in total. The first-order chi connectivity index (χ1) is 15.3. The first kappa shape index (κ1) is 25.4. The van der Waals surface area contributed by atoms with E-state index in [1.165, 1.54) is 0 Å². The minimum atomic E-state index is -5.18. The number of nitrogens with one attached hydrogen (secondary N) is 1. The van der Waals surface area contributed by atoms with Crippen LogP contribution in [0.25, 0.3) is 0 Å². The van der Waals surface area contributed by atoms with E-state index in [2.05, 4.69) is 10.1 Å². The van der Waals surface area contributed by atoms with Gasteiger partial charge in [0.1, 0.15) is 5.75 Å². The number of carbonyl (C=O) groups is 2. The van der Waals surface area contributed by atoms with Crippen molar-refractivity contribution >= 4 is 11.9 Å². The van der Waals surface area contributed by atoms with Crippen LogP contribution in [0.2, 0.25) is 0 Å². The highest BCUT2D eigenvalue weighted by atomic mass is 19.4. The van der Waals surface area contributed by atoms with Gasteiger partial charge in [0.2, 0.25) is 0 Å². The molecule has 1 N–H and O–H groups in total. The van der Waals surface area contributed by atoms with E-state index in [1.807, 2.05) is 54.6 Å². The van der Waals surface area contributed by atoms with Crippen molar-refractivity contribution in [2.24, 2.45) is 0 Å². The number of hydrogen-bond donors (Lipinski definition) is 1. The third-order valence-corrected chi connectivity index (χ3v) is 4.23. The van der Waals surface area contributed by atoms with Gasteiger partial charge in [0.25, 0.3) is 0 Å². The molecule has 0 bridgehead atoms. The minimum absolute atomic E-state index is 0.0675. The van der Waals surface area contributed by atoms with Gasteiger partial charge < -0.3 is 19.5 Å². The molecule has 0 saturated heterocycles. The van der Waals surface area contributed by atoms with Gasteiger partial charge in [0, 0.05) is 19.7 Å². The van der Waals surface area contributed by atoms with E-state index >= 15 is 0 Å². The lowest BCUT2D eigenvalue weighted by Crippen LogP contribution is -2.29. The summed E-state index contributed by atoms with van der Waals surface area (Å²) < 4.78 is 51.2. The Kier molecular flexibility index (Phi) is 10.7. The smallest absolute Gasteiger partial charge is 0.491 e. The maximum atomic E-state index is 12.0. The van der Waals surface area contributed by atoms with E-state index in [9.17, 15) is 22.8 Å². The summed E-state index contributed by atoms with van der Waals surface area (Å²) in [5, 5.41) is 2.91. The normalized spacial score (nSPS) is 11.2. The molecule has 2 rings (SSSR count). The van der Waals surface area contributed by atoms with Crippen LogP contribution in [-0.4, -0.2) is 37.9 Å². The number of hydrogen-bond acceptors (Lipinski definition) is 6. The van der Waals surface area contributed by atoms with Crippen LogP contribution < -0.4 is 10.1 Å². The van der Waals surface area contributed by atoms with E-state index in [-0.39, 0.29) is 13.0 Å². The number of carbonyl (C=O) groups excluding carboxylic acids is 2. The molecule has 174 valence electrons. The molecule has 2 aromatic rings. The fourth-order valence-corrected chi connectivity index (χ4v) is 2.64. The number of rotatable bonds is 13. The third kappa shape index (κ3) is 10.4. The quantitative estimate of drug-likeness (QED) is 0.279. The molecule has 0 radical (unpaired) electrons. The molecule has 0 aliphatic rings. The van der Waals surface area contributed by atoms with Crippen LogP contribution >= 0.6 is 0 Å². The predicted octanol–water partition coefficient (Wildman–Crippen LogP) is 4.17. The van der Waals surface area contributed by atoms with Gasteiger partial charge in [-0.3, -0.25) is 4.79 Å². The Morgan fingerprint density at radius 1 is 0.906 bits per heavy atom. The van der Waals surface area contributed by atoms with Crippen LogP contribution in [0.5, 0.6) is 5.75 Å². The molecular weight excluding hydrogens is 427 g/mol. The highest BCUT2D eigenvalue weighted by Crippen LogP contribution is 2.17. The predicted molar refractivity (Wildman–Crippen MR) is 111 cm³/mol. The Labute approximate surface area is 184 Å². The lowest BCUT2D eigenvalue weighted by atomic mass is 10.2. The Bertz CT molecular complexity index is 843. The molecule has 0 unspecified atom stereocenters. The maximum absolute atomic E-state index is 12.0. The van der Waals surface area contributed by atoms with E-state index in [1.54, 1.807) is 0 Å². The van der Waals surface area contributed by atoms with Crippen LogP contribution in [0.3, 0.4) is 0 Å². The number of halogens is 3. The molecule has 32 heavy (non-hydrogen) atoms. The Balaban J connectivity index is 1.56. The molecular formula is C23H26F3NO5. The molecule has 0 aliphatic heterocycles. The fourth-order valence-electron chi connectivity index (χ4n) is 2.64. The Morgan fingerprint density at radius 3 is 2.38 bits per heavy atom. The number of alkyl halides is 3. The summed E-state index contributed by atoms with van der Waals surface area (Å²) in [5.74, 6) is -3.04. The summed E-state index contributed by atoms with van der Waals surface area (Å²) in [4.78, 5) is 21.8. The van der Waals surface area contributed by atoms with Crippen LogP contribution in [0.1, 0.15) is 30.4 Å². The lowest BCUT2D eigenvalue weighted by Gasteiger charge is -2.09. The SMILES string of the molecule is O=C(CCNCc1cccc(OCCCCOCc2ccccc2)c1)OC(=O)C(F)(F)F. The summed E-state index contributed by atoms with van der Waals surface area (Å²) in [5.41, 5.74) is 2.02. The van der Waals surface area contributed by atoms with Gasteiger partial charge in [-0.2, -0.15) is 13.2 Å². The minimum Gasteiger partial charge on any atom is -0.494 e. The summed E-state index contributed by atoms with van der Waals surface area (Å²) in [6, 6.07) is 17.3. The van der Waals surface area contributed by atoms with Crippen molar-refractivity contribution in [3.05, 3.63) is 65.7 Å². The van der Waals surface area contributed by atoms with Crippen molar-refractivity contribution in [2.75, 3.05) is 19.8 Å². The van der Waals surface area contributed by atoms with Crippen molar-refractivity contribution < 1.29 is 37.0 Å². The molecule has 0 saturated carbocycles. The molecule has 0 aromatic heterocycles. The second-order valence-corrected chi connectivity index (χ2v) is 6.93. The third-order valence-electron chi connectivity index (χ3n) is 4.23. The molecule has 0 spiro atoms. The van der Waals surface area contributed by atoms with Gasteiger partial charge in [0.05, 0.1) is 19.6 Å². The second kappa shape index (κ2) is 13.5. The van der Waals surface area contributed by atoms with Crippen molar-refractivity contribution in [2.45, 2.75) is 38.6 Å². The van der Waals surface area contributed by atoms with Crippen molar-refractivity contribution in [3.63, 3.8) is 0 Å². The van der Waals surface area contributed by atoms with E-state index in [0.717, 1.165) is 24.0 Å². The molecule has 9 heteroatoms.